The third-order valence-electron chi connectivity index (χ3n) is 2.91. The number of ketones is 1. The SMILES string of the molecule is O=C1CCc2cnc(C3CC3)n2C1. The molecule has 0 saturated heterocycles. The second-order valence-electron chi connectivity index (χ2n) is 4.01. The highest BCUT2D eigenvalue weighted by Gasteiger charge is 2.30. The number of imidazole rings is 1. The molecule has 1 aliphatic carbocycles. The average molecular weight is 176 g/mol. The van der Waals surface area contributed by atoms with Crippen LogP contribution in [0.1, 0.15) is 36.7 Å². The van der Waals surface area contributed by atoms with Crippen LogP contribution < -0.4 is 0 Å². The van der Waals surface area contributed by atoms with Crippen LogP contribution in [0, 0.1) is 0 Å². The second-order valence-corrected chi connectivity index (χ2v) is 4.01. The van der Waals surface area contributed by atoms with Gasteiger partial charge in [0.15, 0.2) is 5.78 Å². The van der Waals surface area contributed by atoms with Crippen LogP contribution in [0.2, 0.25) is 0 Å². The molecule has 2 heterocycles. The van der Waals surface area contributed by atoms with Crippen molar-refractivity contribution in [1.82, 2.24) is 9.55 Å². The fourth-order valence-electron chi connectivity index (χ4n) is 2.00. The summed E-state index contributed by atoms with van der Waals surface area (Å²) in [5, 5.41) is 0. The first kappa shape index (κ1) is 7.30. The average Bonchev–Trinajstić information content (AvgIpc) is 2.87. The van der Waals surface area contributed by atoms with Gasteiger partial charge in [-0.3, -0.25) is 4.79 Å². The van der Waals surface area contributed by atoms with Gasteiger partial charge in [-0.25, -0.2) is 4.98 Å². The van der Waals surface area contributed by atoms with Gasteiger partial charge in [-0.05, 0) is 19.3 Å². The van der Waals surface area contributed by atoms with Gasteiger partial charge >= 0.3 is 0 Å². The number of Topliss-reactive ketones (excluding diaryl/α,β-unsaturated/α-hetero) is 1. The summed E-state index contributed by atoms with van der Waals surface area (Å²) < 4.78 is 2.13. The Balaban J connectivity index is 2.03. The molecule has 0 aromatic carbocycles. The lowest BCUT2D eigenvalue weighted by Crippen LogP contribution is -2.20. The number of hydrogen-bond donors (Lipinski definition) is 0. The number of aromatic nitrogens is 2. The van der Waals surface area contributed by atoms with E-state index in [1.807, 2.05) is 6.20 Å². The minimum atomic E-state index is 0.354. The molecule has 1 fully saturated rings. The highest BCUT2D eigenvalue weighted by Crippen LogP contribution is 2.40. The van der Waals surface area contributed by atoms with E-state index >= 15 is 0 Å². The third kappa shape index (κ3) is 1.10. The maximum atomic E-state index is 11.3. The van der Waals surface area contributed by atoms with Gasteiger partial charge in [0.1, 0.15) is 5.82 Å². The summed E-state index contributed by atoms with van der Waals surface area (Å²) in [4.78, 5) is 15.7. The van der Waals surface area contributed by atoms with Gasteiger partial charge in [-0.1, -0.05) is 0 Å². The smallest absolute Gasteiger partial charge is 0.152 e. The van der Waals surface area contributed by atoms with Crippen molar-refractivity contribution in [3.8, 4) is 0 Å². The van der Waals surface area contributed by atoms with Crippen molar-refractivity contribution in [3.63, 3.8) is 0 Å². The molecule has 0 spiro atoms. The van der Waals surface area contributed by atoms with Crippen molar-refractivity contribution in [2.45, 2.75) is 38.1 Å². The predicted molar refractivity (Wildman–Crippen MR) is 47.5 cm³/mol. The van der Waals surface area contributed by atoms with Gasteiger partial charge in [0.2, 0.25) is 0 Å². The Labute approximate surface area is 76.8 Å². The standard InChI is InChI=1S/C10H12N2O/c13-9-4-3-8-5-11-10(7-1-2-7)12(8)6-9/h5,7H,1-4,6H2. The fourth-order valence-corrected chi connectivity index (χ4v) is 2.00. The topological polar surface area (TPSA) is 34.9 Å². The number of rotatable bonds is 1. The summed E-state index contributed by atoms with van der Waals surface area (Å²) in [6.07, 6.45) is 6.05. The van der Waals surface area contributed by atoms with Crippen LogP contribution in [-0.4, -0.2) is 15.3 Å². The number of hydrogen-bond acceptors (Lipinski definition) is 2. The number of carbonyl (C=O) groups excluding carboxylic acids is 1. The van der Waals surface area contributed by atoms with Gasteiger partial charge in [-0.15, -0.1) is 0 Å². The van der Waals surface area contributed by atoms with E-state index in [0.29, 0.717) is 24.7 Å². The Bertz CT molecular complexity index is 363. The maximum absolute atomic E-state index is 11.3. The molecule has 0 unspecified atom stereocenters. The van der Waals surface area contributed by atoms with Crippen LogP contribution in [-0.2, 0) is 17.8 Å². The van der Waals surface area contributed by atoms with E-state index in [9.17, 15) is 4.79 Å². The summed E-state index contributed by atoms with van der Waals surface area (Å²) in [7, 11) is 0. The van der Waals surface area contributed by atoms with Crippen molar-refractivity contribution in [2.24, 2.45) is 0 Å². The number of aryl methyl sites for hydroxylation is 1. The Kier molecular flexibility index (Phi) is 1.37. The number of fused-ring (bicyclic) bond motifs is 1. The van der Waals surface area contributed by atoms with Gasteiger partial charge in [-0.2, -0.15) is 0 Å². The Morgan fingerprint density at radius 2 is 2.23 bits per heavy atom. The van der Waals surface area contributed by atoms with E-state index in [1.54, 1.807) is 0 Å². The highest BCUT2D eigenvalue weighted by atomic mass is 16.1. The van der Waals surface area contributed by atoms with Crippen LogP contribution in [0.3, 0.4) is 0 Å². The first-order valence-electron chi connectivity index (χ1n) is 4.90. The molecule has 1 saturated carbocycles. The first-order valence-corrected chi connectivity index (χ1v) is 4.90. The van der Waals surface area contributed by atoms with Crippen molar-refractivity contribution in [1.29, 1.82) is 0 Å². The van der Waals surface area contributed by atoms with Crippen molar-refractivity contribution < 1.29 is 4.79 Å². The van der Waals surface area contributed by atoms with Crippen molar-refractivity contribution in [3.05, 3.63) is 17.7 Å². The van der Waals surface area contributed by atoms with Crippen LogP contribution in [0.15, 0.2) is 6.20 Å². The molecule has 3 rings (SSSR count). The van der Waals surface area contributed by atoms with E-state index in [-0.39, 0.29) is 0 Å². The molecular weight excluding hydrogens is 164 g/mol. The van der Waals surface area contributed by atoms with Crippen LogP contribution in [0.5, 0.6) is 0 Å². The van der Waals surface area contributed by atoms with E-state index in [2.05, 4.69) is 9.55 Å². The first-order chi connectivity index (χ1) is 6.34. The molecule has 68 valence electrons. The summed E-state index contributed by atoms with van der Waals surface area (Å²) in [6.45, 7) is 0.571. The molecule has 1 aromatic rings. The van der Waals surface area contributed by atoms with Crippen molar-refractivity contribution in [2.75, 3.05) is 0 Å². The quantitative estimate of drug-likeness (QED) is 0.646. The highest BCUT2D eigenvalue weighted by molar-refractivity contribution is 5.79. The molecule has 2 aliphatic rings. The van der Waals surface area contributed by atoms with Gasteiger partial charge < -0.3 is 4.57 Å². The van der Waals surface area contributed by atoms with E-state index < -0.39 is 0 Å². The Hall–Kier alpha value is -1.12. The van der Waals surface area contributed by atoms with E-state index in [1.165, 1.54) is 18.5 Å². The second kappa shape index (κ2) is 2.44. The largest absolute Gasteiger partial charge is 0.324 e. The fraction of sp³-hybridized carbons (Fsp3) is 0.600. The minimum absolute atomic E-state index is 0.354. The zero-order valence-corrected chi connectivity index (χ0v) is 7.49. The Morgan fingerprint density at radius 1 is 1.38 bits per heavy atom. The predicted octanol–water partition coefficient (Wildman–Crippen LogP) is 1.28. The molecule has 0 atom stereocenters. The molecule has 13 heavy (non-hydrogen) atoms. The number of carbonyl (C=O) groups is 1. The summed E-state index contributed by atoms with van der Waals surface area (Å²) >= 11 is 0. The van der Waals surface area contributed by atoms with Crippen molar-refractivity contribution >= 4 is 5.78 Å². The summed E-state index contributed by atoms with van der Waals surface area (Å²) in [6, 6.07) is 0. The molecular formula is C10H12N2O. The number of nitrogens with zero attached hydrogens (tertiary/aromatic N) is 2. The molecule has 1 aromatic heterocycles. The third-order valence-corrected chi connectivity index (χ3v) is 2.91. The zero-order chi connectivity index (χ0) is 8.84. The maximum Gasteiger partial charge on any atom is 0.152 e. The monoisotopic (exact) mass is 176 g/mol. The Morgan fingerprint density at radius 3 is 3.00 bits per heavy atom. The van der Waals surface area contributed by atoms with Gasteiger partial charge in [0, 0.05) is 24.2 Å². The summed E-state index contributed by atoms with van der Waals surface area (Å²) in [5.41, 5.74) is 1.25. The van der Waals surface area contributed by atoms with E-state index in [0.717, 1.165) is 12.2 Å². The van der Waals surface area contributed by atoms with Gasteiger partial charge in [0.25, 0.3) is 0 Å². The lowest BCUT2D eigenvalue weighted by atomic mass is 10.1. The van der Waals surface area contributed by atoms with Crippen LogP contribution in [0.25, 0.3) is 0 Å². The molecule has 3 nitrogen and oxygen atoms in total. The lowest BCUT2D eigenvalue weighted by molar-refractivity contribution is -0.120. The van der Waals surface area contributed by atoms with Crippen LogP contribution in [0.4, 0.5) is 0 Å². The molecule has 3 heteroatoms. The summed E-state index contributed by atoms with van der Waals surface area (Å²) in [5.74, 6) is 2.16. The minimum Gasteiger partial charge on any atom is -0.324 e. The molecule has 0 bridgehead atoms. The van der Waals surface area contributed by atoms with E-state index in [4.69, 9.17) is 0 Å². The molecule has 1 aliphatic heterocycles. The van der Waals surface area contributed by atoms with Gasteiger partial charge in [0.05, 0.1) is 6.54 Å². The lowest BCUT2D eigenvalue weighted by Gasteiger charge is -2.15. The molecule has 0 amide bonds. The molecule has 0 N–H and O–H groups in total. The normalized spacial score (nSPS) is 21.7. The molecule has 0 radical (unpaired) electrons. The van der Waals surface area contributed by atoms with Crippen LogP contribution >= 0.6 is 0 Å². The zero-order valence-electron chi connectivity index (χ0n) is 7.49.